The van der Waals surface area contributed by atoms with E-state index >= 15 is 0 Å². The molecule has 4 rings (SSSR count). The van der Waals surface area contributed by atoms with E-state index in [1.165, 1.54) is 0 Å². The first-order chi connectivity index (χ1) is 13.9. The van der Waals surface area contributed by atoms with Crippen LogP contribution >= 0.6 is 0 Å². The average Bonchev–Trinajstić information content (AvgIpc) is 3.39. The second-order valence-corrected chi connectivity index (χ2v) is 7.89. The van der Waals surface area contributed by atoms with E-state index in [9.17, 15) is 4.79 Å². The zero-order valence-corrected chi connectivity index (χ0v) is 17.6. The predicted octanol–water partition coefficient (Wildman–Crippen LogP) is 3.34. The zero-order chi connectivity index (χ0) is 20.5. The van der Waals surface area contributed by atoms with Gasteiger partial charge in [-0.1, -0.05) is 5.16 Å². The monoisotopic (exact) mass is 396 g/mol. The van der Waals surface area contributed by atoms with Crippen LogP contribution < -0.4 is 0 Å². The molecular weight excluding hydrogens is 368 g/mol. The molecule has 0 saturated carbocycles. The number of hydrogen-bond donors (Lipinski definition) is 0. The Morgan fingerprint density at radius 3 is 2.76 bits per heavy atom. The number of aryl methyl sites for hydroxylation is 4. The summed E-state index contributed by atoms with van der Waals surface area (Å²) >= 11 is 0. The normalized spacial score (nSPS) is 17.1. The number of nitrogens with zero attached hydrogens (tertiary/aromatic N) is 6. The van der Waals surface area contributed by atoms with Crippen LogP contribution in [0.5, 0.6) is 0 Å². The summed E-state index contributed by atoms with van der Waals surface area (Å²) in [4.78, 5) is 15.1. The smallest absolute Gasteiger partial charge is 0.225 e. The highest BCUT2D eigenvalue weighted by atomic mass is 16.5. The zero-order valence-electron chi connectivity index (χ0n) is 17.6. The summed E-state index contributed by atoms with van der Waals surface area (Å²) in [6.45, 7) is 7.24. The van der Waals surface area contributed by atoms with Crippen LogP contribution in [-0.4, -0.2) is 42.1 Å². The van der Waals surface area contributed by atoms with Crippen LogP contribution in [0.3, 0.4) is 0 Å². The summed E-state index contributed by atoms with van der Waals surface area (Å²) in [5, 5.41) is 13.2. The van der Waals surface area contributed by atoms with Gasteiger partial charge < -0.3 is 9.42 Å². The van der Waals surface area contributed by atoms with Crippen LogP contribution in [0.15, 0.2) is 23.0 Å². The van der Waals surface area contributed by atoms with Crippen molar-refractivity contribution < 1.29 is 9.32 Å². The highest BCUT2D eigenvalue weighted by Crippen LogP contribution is 2.37. The number of aromatic nitrogens is 5. The van der Waals surface area contributed by atoms with E-state index < -0.39 is 0 Å². The molecule has 8 heteroatoms. The van der Waals surface area contributed by atoms with Gasteiger partial charge in [-0.25, -0.2) is 0 Å². The first kappa shape index (κ1) is 19.4. The highest BCUT2D eigenvalue weighted by Gasteiger charge is 2.33. The highest BCUT2D eigenvalue weighted by molar-refractivity contribution is 5.77. The summed E-state index contributed by atoms with van der Waals surface area (Å²) in [6, 6.07) is 1.91. The second kappa shape index (κ2) is 7.85. The van der Waals surface area contributed by atoms with Crippen LogP contribution in [0, 0.1) is 20.8 Å². The molecule has 0 aliphatic carbocycles. The number of piperidine rings is 1. The Morgan fingerprint density at radius 2 is 2.07 bits per heavy atom. The van der Waals surface area contributed by atoms with Crippen molar-refractivity contribution in [2.24, 2.45) is 7.05 Å². The van der Waals surface area contributed by atoms with Crippen molar-refractivity contribution in [3.05, 3.63) is 41.1 Å². The molecule has 1 amide bonds. The molecule has 1 fully saturated rings. The first-order valence-electron chi connectivity index (χ1n) is 10.2. The Morgan fingerprint density at radius 1 is 1.24 bits per heavy atom. The molecule has 1 atom stereocenters. The van der Waals surface area contributed by atoms with Crippen LogP contribution in [0.1, 0.15) is 54.4 Å². The summed E-state index contributed by atoms with van der Waals surface area (Å²) < 4.78 is 9.24. The number of hydrogen-bond acceptors (Lipinski definition) is 5. The Bertz CT molecular complexity index is 1010. The molecule has 1 aliphatic rings. The summed E-state index contributed by atoms with van der Waals surface area (Å²) in [5.74, 6) is 0.889. The van der Waals surface area contributed by atoms with Crippen LogP contribution in [0.4, 0.5) is 0 Å². The largest absolute Gasteiger partial charge is 0.356 e. The molecule has 0 aromatic carbocycles. The molecule has 1 unspecified atom stereocenters. The summed E-state index contributed by atoms with van der Waals surface area (Å²) in [7, 11) is 1.90. The van der Waals surface area contributed by atoms with Crippen molar-refractivity contribution in [1.82, 2.24) is 29.6 Å². The van der Waals surface area contributed by atoms with Gasteiger partial charge in [0, 0.05) is 44.5 Å². The molecule has 3 aromatic rings. The van der Waals surface area contributed by atoms with Crippen molar-refractivity contribution in [2.45, 2.75) is 59.0 Å². The van der Waals surface area contributed by atoms with Crippen molar-refractivity contribution in [1.29, 1.82) is 0 Å². The van der Waals surface area contributed by atoms with Crippen LogP contribution in [-0.2, 0) is 18.4 Å². The number of rotatable bonds is 5. The van der Waals surface area contributed by atoms with Gasteiger partial charge in [-0.15, -0.1) is 0 Å². The van der Waals surface area contributed by atoms with Gasteiger partial charge in [0.05, 0.1) is 28.7 Å². The number of carbonyl (C=O) groups is 1. The van der Waals surface area contributed by atoms with E-state index in [4.69, 9.17) is 9.62 Å². The Hall–Kier alpha value is -2.90. The maximum Gasteiger partial charge on any atom is 0.225 e. The molecule has 1 saturated heterocycles. The lowest BCUT2D eigenvalue weighted by Crippen LogP contribution is -2.39. The average molecular weight is 396 g/mol. The molecule has 4 heterocycles. The molecular formula is C21H28N6O2. The molecule has 8 nitrogen and oxygen atoms in total. The fourth-order valence-corrected chi connectivity index (χ4v) is 4.05. The van der Waals surface area contributed by atoms with Crippen molar-refractivity contribution in [3.63, 3.8) is 0 Å². The van der Waals surface area contributed by atoms with Gasteiger partial charge in [-0.05, 0) is 46.1 Å². The fraction of sp³-hybridized carbons (Fsp3) is 0.524. The lowest BCUT2D eigenvalue weighted by molar-refractivity contribution is -0.135. The van der Waals surface area contributed by atoms with E-state index in [1.807, 2.05) is 55.9 Å². The van der Waals surface area contributed by atoms with Crippen molar-refractivity contribution in [3.8, 4) is 11.3 Å². The Labute approximate surface area is 170 Å². The predicted molar refractivity (Wildman–Crippen MR) is 108 cm³/mol. The van der Waals surface area contributed by atoms with Gasteiger partial charge in [0.25, 0.3) is 0 Å². The van der Waals surface area contributed by atoms with Crippen molar-refractivity contribution >= 4 is 5.91 Å². The minimum absolute atomic E-state index is 0.0448. The molecule has 0 spiro atoms. The molecule has 3 aromatic heterocycles. The standard InChI is InChI=1S/C21H28N6O2/c1-14-8-11-26(22-14)12-9-19(28)27-10-6-5-7-18(27)20-17(13-25(4)23-20)21-15(2)16(3)24-29-21/h8,11,13,18H,5-7,9-10,12H2,1-4H3. The maximum atomic E-state index is 13.1. The van der Waals surface area contributed by atoms with E-state index in [0.29, 0.717) is 13.0 Å². The minimum atomic E-state index is -0.0448. The molecule has 0 bridgehead atoms. The van der Waals surface area contributed by atoms with E-state index in [2.05, 4.69) is 10.3 Å². The summed E-state index contributed by atoms with van der Waals surface area (Å²) in [6.07, 6.45) is 7.32. The second-order valence-electron chi connectivity index (χ2n) is 7.89. The Kier molecular flexibility index (Phi) is 5.25. The van der Waals surface area contributed by atoms with E-state index in [-0.39, 0.29) is 11.9 Å². The van der Waals surface area contributed by atoms with Gasteiger partial charge >= 0.3 is 0 Å². The third-order valence-corrected chi connectivity index (χ3v) is 5.73. The number of likely N-dealkylation sites (tertiary alicyclic amines) is 1. The van der Waals surface area contributed by atoms with E-state index in [1.54, 1.807) is 4.68 Å². The molecule has 1 aliphatic heterocycles. The number of carbonyl (C=O) groups excluding carboxylic acids is 1. The first-order valence-corrected chi connectivity index (χ1v) is 10.2. The third-order valence-electron chi connectivity index (χ3n) is 5.73. The fourth-order valence-electron chi connectivity index (χ4n) is 4.05. The molecule has 154 valence electrons. The molecule has 29 heavy (non-hydrogen) atoms. The van der Waals surface area contributed by atoms with Crippen LogP contribution in [0.25, 0.3) is 11.3 Å². The lowest BCUT2D eigenvalue weighted by atomic mass is 9.95. The summed E-state index contributed by atoms with van der Waals surface area (Å²) in [5.41, 5.74) is 4.68. The molecule has 0 radical (unpaired) electrons. The van der Waals surface area contributed by atoms with Gasteiger partial charge in [0.2, 0.25) is 5.91 Å². The molecule has 0 N–H and O–H groups in total. The SMILES string of the molecule is Cc1ccn(CCC(=O)N2CCCCC2c2nn(C)cc2-c2onc(C)c2C)n1. The van der Waals surface area contributed by atoms with Gasteiger partial charge in [0.1, 0.15) is 0 Å². The van der Waals surface area contributed by atoms with E-state index in [0.717, 1.165) is 59.8 Å². The van der Waals surface area contributed by atoms with Gasteiger partial charge in [-0.2, -0.15) is 10.2 Å². The lowest BCUT2D eigenvalue weighted by Gasteiger charge is -2.35. The Balaban J connectivity index is 1.59. The van der Waals surface area contributed by atoms with Gasteiger partial charge in [-0.3, -0.25) is 14.2 Å². The quantitative estimate of drug-likeness (QED) is 0.661. The topological polar surface area (TPSA) is 82.0 Å². The van der Waals surface area contributed by atoms with Gasteiger partial charge in [0.15, 0.2) is 5.76 Å². The minimum Gasteiger partial charge on any atom is -0.356 e. The number of amides is 1. The van der Waals surface area contributed by atoms with Crippen molar-refractivity contribution in [2.75, 3.05) is 6.54 Å². The van der Waals surface area contributed by atoms with Crippen LogP contribution in [0.2, 0.25) is 0 Å². The third kappa shape index (κ3) is 3.83. The maximum absolute atomic E-state index is 13.1.